The van der Waals surface area contributed by atoms with Gasteiger partial charge in [-0.3, -0.25) is 4.79 Å². The Morgan fingerprint density at radius 3 is 2.81 bits per heavy atom. The van der Waals surface area contributed by atoms with Gasteiger partial charge >= 0.3 is 0 Å². The number of hydrogen-bond acceptors (Lipinski definition) is 5. The van der Waals surface area contributed by atoms with E-state index >= 15 is 0 Å². The number of carbonyl (C=O) groups excluding carboxylic acids is 1. The SMILES string of the molecule is CCOc1cccc2c1OCC(C(=O)Nc1ccc(-c3ncco3)cc1)=C2. The van der Waals surface area contributed by atoms with Crippen LogP contribution in [0.15, 0.2) is 64.9 Å². The first-order valence-electron chi connectivity index (χ1n) is 8.65. The van der Waals surface area contributed by atoms with Gasteiger partial charge in [0.1, 0.15) is 12.9 Å². The van der Waals surface area contributed by atoms with Crippen molar-refractivity contribution in [2.24, 2.45) is 0 Å². The van der Waals surface area contributed by atoms with Gasteiger partial charge in [-0.15, -0.1) is 0 Å². The van der Waals surface area contributed by atoms with Crippen LogP contribution in [-0.4, -0.2) is 24.1 Å². The van der Waals surface area contributed by atoms with Crippen molar-refractivity contribution in [3.05, 3.63) is 66.1 Å². The third-order valence-electron chi connectivity index (χ3n) is 4.12. The molecular weight excluding hydrogens is 344 g/mol. The Balaban J connectivity index is 1.49. The molecule has 1 aliphatic heterocycles. The molecular formula is C21H18N2O4. The molecule has 6 heteroatoms. The van der Waals surface area contributed by atoms with Crippen molar-refractivity contribution in [3.63, 3.8) is 0 Å². The maximum absolute atomic E-state index is 12.6. The third-order valence-corrected chi connectivity index (χ3v) is 4.12. The van der Waals surface area contributed by atoms with Crippen molar-refractivity contribution >= 4 is 17.7 Å². The molecule has 0 saturated heterocycles. The van der Waals surface area contributed by atoms with E-state index in [0.717, 1.165) is 11.1 Å². The molecule has 0 atom stereocenters. The minimum atomic E-state index is -0.202. The number of oxazole rings is 1. The summed E-state index contributed by atoms with van der Waals surface area (Å²) in [7, 11) is 0. The molecule has 0 radical (unpaired) electrons. The van der Waals surface area contributed by atoms with Crippen LogP contribution in [0.25, 0.3) is 17.5 Å². The smallest absolute Gasteiger partial charge is 0.255 e. The minimum Gasteiger partial charge on any atom is -0.490 e. The molecule has 1 N–H and O–H groups in total. The van der Waals surface area contributed by atoms with E-state index in [4.69, 9.17) is 13.9 Å². The van der Waals surface area contributed by atoms with E-state index in [2.05, 4.69) is 10.3 Å². The van der Waals surface area contributed by atoms with Crippen LogP contribution in [0.5, 0.6) is 11.5 Å². The van der Waals surface area contributed by atoms with Crippen LogP contribution in [-0.2, 0) is 4.79 Å². The van der Waals surface area contributed by atoms with Crippen LogP contribution in [0.4, 0.5) is 5.69 Å². The summed E-state index contributed by atoms with van der Waals surface area (Å²) >= 11 is 0. The largest absolute Gasteiger partial charge is 0.490 e. The normalized spacial score (nSPS) is 12.6. The van der Waals surface area contributed by atoms with Crippen molar-refractivity contribution < 1.29 is 18.7 Å². The monoisotopic (exact) mass is 362 g/mol. The average Bonchev–Trinajstić information content (AvgIpc) is 3.23. The molecule has 1 aromatic heterocycles. The van der Waals surface area contributed by atoms with Crippen molar-refractivity contribution in [2.45, 2.75) is 6.92 Å². The van der Waals surface area contributed by atoms with E-state index in [9.17, 15) is 4.79 Å². The van der Waals surface area contributed by atoms with Crippen LogP contribution in [0.3, 0.4) is 0 Å². The summed E-state index contributed by atoms with van der Waals surface area (Å²) in [5.41, 5.74) is 2.91. The Kier molecular flexibility index (Phi) is 4.61. The van der Waals surface area contributed by atoms with Crippen molar-refractivity contribution in [2.75, 3.05) is 18.5 Å². The van der Waals surface area contributed by atoms with Crippen LogP contribution in [0.2, 0.25) is 0 Å². The average molecular weight is 362 g/mol. The molecule has 0 bridgehead atoms. The van der Waals surface area contributed by atoms with Gasteiger partial charge < -0.3 is 19.2 Å². The molecule has 0 fully saturated rings. The number of ether oxygens (including phenoxy) is 2. The van der Waals surface area contributed by atoms with Gasteiger partial charge in [-0.1, -0.05) is 12.1 Å². The number of rotatable bonds is 5. The van der Waals surface area contributed by atoms with Gasteiger partial charge in [0.25, 0.3) is 5.91 Å². The molecule has 2 heterocycles. The van der Waals surface area contributed by atoms with Crippen molar-refractivity contribution in [3.8, 4) is 23.0 Å². The number of carbonyl (C=O) groups is 1. The number of aromatic nitrogens is 1. The number of nitrogens with one attached hydrogen (secondary N) is 1. The molecule has 2 aromatic carbocycles. The lowest BCUT2D eigenvalue weighted by molar-refractivity contribution is -0.113. The quantitative estimate of drug-likeness (QED) is 0.738. The zero-order chi connectivity index (χ0) is 18.6. The number of fused-ring (bicyclic) bond motifs is 1. The lowest BCUT2D eigenvalue weighted by Crippen LogP contribution is -2.21. The van der Waals surface area contributed by atoms with Gasteiger partial charge in [-0.05, 0) is 43.3 Å². The zero-order valence-electron chi connectivity index (χ0n) is 14.8. The molecule has 0 unspecified atom stereocenters. The molecule has 0 saturated carbocycles. The summed E-state index contributed by atoms with van der Waals surface area (Å²) in [6.45, 7) is 2.67. The van der Waals surface area contributed by atoms with Crippen molar-refractivity contribution in [1.29, 1.82) is 0 Å². The Morgan fingerprint density at radius 1 is 1.22 bits per heavy atom. The Hall–Kier alpha value is -3.54. The molecule has 6 nitrogen and oxygen atoms in total. The molecule has 0 spiro atoms. The summed E-state index contributed by atoms with van der Waals surface area (Å²) in [6, 6.07) is 12.9. The molecule has 1 amide bonds. The number of nitrogens with zero attached hydrogens (tertiary/aromatic N) is 1. The number of anilines is 1. The fourth-order valence-electron chi connectivity index (χ4n) is 2.85. The van der Waals surface area contributed by atoms with Crippen LogP contribution >= 0.6 is 0 Å². The first kappa shape index (κ1) is 16.9. The molecule has 136 valence electrons. The maximum atomic E-state index is 12.6. The maximum Gasteiger partial charge on any atom is 0.255 e. The topological polar surface area (TPSA) is 73.6 Å². The van der Waals surface area contributed by atoms with E-state index in [-0.39, 0.29) is 12.5 Å². The van der Waals surface area contributed by atoms with Crippen molar-refractivity contribution in [1.82, 2.24) is 4.98 Å². The highest BCUT2D eigenvalue weighted by Crippen LogP contribution is 2.36. The highest BCUT2D eigenvalue weighted by molar-refractivity contribution is 6.07. The molecule has 1 aliphatic rings. The Labute approximate surface area is 156 Å². The van der Waals surface area contributed by atoms with E-state index in [1.54, 1.807) is 6.20 Å². The van der Waals surface area contributed by atoms with Crippen LogP contribution < -0.4 is 14.8 Å². The summed E-state index contributed by atoms with van der Waals surface area (Å²) in [5, 5.41) is 2.89. The number of benzene rings is 2. The second-order valence-corrected chi connectivity index (χ2v) is 5.93. The van der Waals surface area contributed by atoms with Gasteiger partial charge in [0.05, 0.1) is 18.4 Å². The van der Waals surface area contributed by atoms with Gasteiger partial charge in [0.2, 0.25) is 5.89 Å². The second-order valence-electron chi connectivity index (χ2n) is 5.93. The van der Waals surface area contributed by atoms with Gasteiger partial charge in [-0.25, -0.2) is 4.98 Å². The van der Waals surface area contributed by atoms with Gasteiger partial charge in [0, 0.05) is 16.8 Å². The summed E-state index contributed by atoms with van der Waals surface area (Å²) in [6.07, 6.45) is 4.95. The minimum absolute atomic E-state index is 0.192. The molecule has 0 aliphatic carbocycles. The van der Waals surface area contributed by atoms with Gasteiger partial charge in [0.15, 0.2) is 11.5 Å². The Bertz CT molecular complexity index is 976. The lowest BCUT2D eigenvalue weighted by Gasteiger charge is -2.20. The predicted molar refractivity (Wildman–Crippen MR) is 102 cm³/mol. The second kappa shape index (κ2) is 7.37. The zero-order valence-corrected chi connectivity index (χ0v) is 14.8. The van der Waals surface area contributed by atoms with E-state index < -0.39 is 0 Å². The molecule has 4 rings (SSSR count). The Morgan fingerprint density at radius 2 is 2.07 bits per heavy atom. The summed E-state index contributed by atoms with van der Waals surface area (Å²) in [4.78, 5) is 16.7. The molecule has 3 aromatic rings. The summed E-state index contributed by atoms with van der Waals surface area (Å²) < 4.78 is 16.6. The van der Waals surface area contributed by atoms with E-state index in [1.807, 2.05) is 55.5 Å². The highest BCUT2D eigenvalue weighted by Gasteiger charge is 2.20. The van der Waals surface area contributed by atoms with Crippen LogP contribution in [0.1, 0.15) is 12.5 Å². The third kappa shape index (κ3) is 3.55. The number of amides is 1. The van der Waals surface area contributed by atoms with Gasteiger partial charge in [-0.2, -0.15) is 0 Å². The molecule has 27 heavy (non-hydrogen) atoms. The lowest BCUT2D eigenvalue weighted by atomic mass is 10.1. The van der Waals surface area contributed by atoms with E-state index in [1.165, 1.54) is 6.26 Å². The highest BCUT2D eigenvalue weighted by atomic mass is 16.5. The number of para-hydroxylation sites is 1. The first-order valence-corrected chi connectivity index (χ1v) is 8.65. The van der Waals surface area contributed by atoms with E-state index in [0.29, 0.717) is 35.3 Å². The number of hydrogen-bond donors (Lipinski definition) is 1. The fraction of sp³-hybridized carbons (Fsp3) is 0.143. The predicted octanol–water partition coefficient (Wildman–Crippen LogP) is 4.15. The van der Waals surface area contributed by atoms with Crippen LogP contribution in [0, 0.1) is 0 Å². The standard InChI is InChI=1S/C21H18N2O4/c1-2-25-18-5-3-4-15-12-16(13-27-19(15)18)20(24)23-17-8-6-14(7-9-17)21-22-10-11-26-21/h3-12H,2,13H2,1H3,(H,23,24). The summed E-state index contributed by atoms with van der Waals surface area (Å²) in [5.74, 6) is 1.70. The first-order chi connectivity index (χ1) is 13.2. The fourth-order valence-corrected chi connectivity index (χ4v) is 2.85.